The molecule has 1 N–H and O–H groups in total. The van der Waals surface area contributed by atoms with Gasteiger partial charge in [-0.15, -0.1) is 0 Å². The fourth-order valence-electron chi connectivity index (χ4n) is 1.80. The lowest BCUT2D eigenvalue weighted by molar-refractivity contribution is -0.133. The van der Waals surface area contributed by atoms with E-state index in [4.69, 9.17) is 9.84 Å². The minimum atomic E-state index is -0.817. The molecule has 1 heterocycles. The number of carboxylic acid groups (broad SMARTS) is 1. The standard InChI is InChI=1S/C14H24N2O3S/c1-4-12-8-15-14(20-10-13(17)18)16(12)6-5-7-19-9-11(2)3/h8,11H,4-7,9-10H2,1-3H3,(H,17,18). The summed E-state index contributed by atoms with van der Waals surface area (Å²) in [5.74, 6) is -0.219. The molecule has 0 saturated carbocycles. The van der Waals surface area contributed by atoms with Crippen LogP contribution in [-0.2, 0) is 22.5 Å². The van der Waals surface area contributed by atoms with Crippen molar-refractivity contribution in [2.75, 3.05) is 19.0 Å². The summed E-state index contributed by atoms with van der Waals surface area (Å²) in [5, 5.41) is 9.54. The summed E-state index contributed by atoms with van der Waals surface area (Å²) in [4.78, 5) is 15.0. The van der Waals surface area contributed by atoms with E-state index in [0.29, 0.717) is 5.92 Å². The third-order valence-corrected chi connectivity index (χ3v) is 3.69. The Morgan fingerprint density at radius 3 is 2.90 bits per heavy atom. The van der Waals surface area contributed by atoms with Crippen molar-refractivity contribution in [2.45, 2.75) is 45.3 Å². The second-order valence-electron chi connectivity index (χ2n) is 5.04. The van der Waals surface area contributed by atoms with Crippen LogP contribution >= 0.6 is 11.8 Å². The fraction of sp³-hybridized carbons (Fsp3) is 0.714. The van der Waals surface area contributed by atoms with E-state index in [1.54, 1.807) is 0 Å². The van der Waals surface area contributed by atoms with Crippen LogP contribution in [0.25, 0.3) is 0 Å². The van der Waals surface area contributed by atoms with Gasteiger partial charge in [0.05, 0.1) is 5.75 Å². The molecule has 0 aliphatic heterocycles. The number of thioether (sulfide) groups is 1. The maximum absolute atomic E-state index is 10.6. The highest BCUT2D eigenvalue weighted by Crippen LogP contribution is 2.19. The molecule has 20 heavy (non-hydrogen) atoms. The molecule has 0 bridgehead atoms. The highest BCUT2D eigenvalue weighted by molar-refractivity contribution is 7.99. The lowest BCUT2D eigenvalue weighted by Gasteiger charge is -2.11. The Kier molecular flexibility index (Phi) is 7.69. The molecule has 0 unspecified atom stereocenters. The number of imidazole rings is 1. The van der Waals surface area contributed by atoms with Gasteiger partial charge in [0, 0.05) is 31.6 Å². The fourth-order valence-corrected chi connectivity index (χ4v) is 2.54. The Bertz CT molecular complexity index is 419. The Morgan fingerprint density at radius 1 is 1.55 bits per heavy atom. The second-order valence-corrected chi connectivity index (χ2v) is 5.98. The SMILES string of the molecule is CCc1cnc(SCC(=O)O)n1CCCOCC(C)C. The first-order valence-corrected chi connectivity index (χ1v) is 7.99. The minimum absolute atomic E-state index is 0.0457. The summed E-state index contributed by atoms with van der Waals surface area (Å²) < 4.78 is 7.67. The minimum Gasteiger partial charge on any atom is -0.481 e. The maximum atomic E-state index is 10.6. The van der Waals surface area contributed by atoms with E-state index in [2.05, 4.69) is 30.3 Å². The summed E-state index contributed by atoms with van der Waals surface area (Å²) >= 11 is 1.27. The molecule has 6 heteroatoms. The Labute approximate surface area is 124 Å². The molecule has 0 fully saturated rings. The first-order valence-electron chi connectivity index (χ1n) is 7.01. The summed E-state index contributed by atoms with van der Waals surface area (Å²) in [6.45, 7) is 8.67. The van der Waals surface area contributed by atoms with Gasteiger partial charge >= 0.3 is 5.97 Å². The summed E-state index contributed by atoms with van der Waals surface area (Å²) in [6, 6.07) is 0. The van der Waals surface area contributed by atoms with Gasteiger partial charge in [0.25, 0.3) is 0 Å². The zero-order valence-electron chi connectivity index (χ0n) is 12.5. The molecule has 1 aromatic heterocycles. The number of nitrogens with zero attached hydrogens (tertiary/aromatic N) is 2. The average molecular weight is 300 g/mol. The molecule has 0 spiro atoms. The molecular weight excluding hydrogens is 276 g/mol. The molecule has 1 rings (SSSR count). The van der Waals surface area contributed by atoms with Crippen LogP contribution in [0.5, 0.6) is 0 Å². The highest BCUT2D eigenvalue weighted by Gasteiger charge is 2.10. The van der Waals surface area contributed by atoms with Crippen molar-refractivity contribution in [1.29, 1.82) is 0 Å². The second kappa shape index (κ2) is 9.02. The van der Waals surface area contributed by atoms with Crippen LogP contribution in [0.15, 0.2) is 11.4 Å². The molecule has 1 aromatic rings. The number of aryl methyl sites for hydroxylation is 1. The molecule has 0 aliphatic rings. The molecule has 0 radical (unpaired) electrons. The summed E-state index contributed by atoms with van der Waals surface area (Å²) in [6.07, 6.45) is 3.64. The van der Waals surface area contributed by atoms with Crippen molar-refractivity contribution in [3.63, 3.8) is 0 Å². The van der Waals surface area contributed by atoms with Crippen LogP contribution in [-0.4, -0.2) is 39.6 Å². The highest BCUT2D eigenvalue weighted by atomic mass is 32.2. The van der Waals surface area contributed by atoms with E-state index in [-0.39, 0.29) is 5.75 Å². The van der Waals surface area contributed by atoms with Crippen molar-refractivity contribution < 1.29 is 14.6 Å². The molecule has 0 aliphatic carbocycles. The number of ether oxygens (including phenoxy) is 1. The van der Waals surface area contributed by atoms with Crippen molar-refractivity contribution in [3.8, 4) is 0 Å². The first kappa shape index (κ1) is 17.0. The molecule has 0 saturated heterocycles. The Morgan fingerprint density at radius 2 is 2.30 bits per heavy atom. The van der Waals surface area contributed by atoms with Crippen LogP contribution < -0.4 is 0 Å². The summed E-state index contributed by atoms with van der Waals surface area (Å²) in [5.41, 5.74) is 1.14. The molecule has 114 valence electrons. The molecule has 5 nitrogen and oxygen atoms in total. The predicted molar refractivity (Wildman–Crippen MR) is 80.2 cm³/mol. The largest absolute Gasteiger partial charge is 0.481 e. The number of aliphatic carboxylic acids is 1. The van der Waals surface area contributed by atoms with Crippen LogP contribution in [0.4, 0.5) is 0 Å². The topological polar surface area (TPSA) is 64.3 Å². The van der Waals surface area contributed by atoms with Gasteiger partial charge in [0.2, 0.25) is 0 Å². The monoisotopic (exact) mass is 300 g/mol. The van der Waals surface area contributed by atoms with E-state index in [9.17, 15) is 4.79 Å². The van der Waals surface area contributed by atoms with Crippen molar-refractivity contribution in [2.24, 2.45) is 5.92 Å². The number of hydrogen-bond donors (Lipinski definition) is 1. The number of carbonyl (C=O) groups is 1. The van der Waals surface area contributed by atoms with Crippen LogP contribution in [0.2, 0.25) is 0 Å². The van der Waals surface area contributed by atoms with Crippen LogP contribution in [0.3, 0.4) is 0 Å². The third-order valence-electron chi connectivity index (χ3n) is 2.71. The molecule has 0 amide bonds. The molecular formula is C14H24N2O3S. The molecule has 0 atom stereocenters. The normalized spacial score (nSPS) is 11.2. The van der Waals surface area contributed by atoms with Gasteiger partial charge in [-0.3, -0.25) is 4.79 Å². The maximum Gasteiger partial charge on any atom is 0.313 e. The Hall–Kier alpha value is -1.01. The van der Waals surface area contributed by atoms with Gasteiger partial charge in [-0.1, -0.05) is 32.5 Å². The zero-order valence-corrected chi connectivity index (χ0v) is 13.3. The molecule has 0 aromatic carbocycles. The van der Waals surface area contributed by atoms with Crippen molar-refractivity contribution in [1.82, 2.24) is 9.55 Å². The quantitative estimate of drug-likeness (QED) is 0.531. The smallest absolute Gasteiger partial charge is 0.313 e. The van der Waals surface area contributed by atoms with E-state index in [1.165, 1.54) is 11.8 Å². The van der Waals surface area contributed by atoms with E-state index in [1.807, 2.05) is 6.20 Å². The number of rotatable bonds is 10. The zero-order chi connectivity index (χ0) is 15.0. The van der Waals surface area contributed by atoms with Gasteiger partial charge in [-0.25, -0.2) is 4.98 Å². The number of carboxylic acids is 1. The van der Waals surface area contributed by atoms with Gasteiger partial charge < -0.3 is 14.4 Å². The lowest BCUT2D eigenvalue weighted by Crippen LogP contribution is -2.10. The lowest BCUT2D eigenvalue weighted by atomic mass is 10.2. The van der Waals surface area contributed by atoms with Gasteiger partial charge in [-0.2, -0.15) is 0 Å². The van der Waals surface area contributed by atoms with E-state index in [0.717, 1.165) is 43.5 Å². The number of aromatic nitrogens is 2. The van der Waals surface area contributed by atoms with Crippen LogP contribution in [0, 0.1) is 5.92 Å². The summed E-state index contributed by atoms with van der Waals surface area (Å²) in [7, 11) is 0. The number of hydrogen-bond acceptors (Lipinski definition) is 4. The van der Waals surface area contributed by atoms with Gasteiger partial charge in [0.1, 0.15) is 0 Å². The van der Waals surface area contributed by atoms with E-state index < -0.39 is 5.97 Å². The van der Waals surface area contributed by atoms with Gasteiger partial charge in [0.15, 0.2) is 5.16 Å². The predicted octanol–water partition coefficient (Wildman–Crippen LogP) is 2.68. The third kappa shape index (κ3) is 5.96. The Balaban J connectivity index is 2.48. The van der Waals surface area contributed by atoms with Crippen molar-refractivity contribution in [3.05, 3.63) is 11.9 Å². The average Bonchev–Trinajstić information content (AvgIpc) is 2.77. The van der Waals surface area contributed by atoms with Crippen LogP contribution in [0.1, 0.15) is 32.9 Å². The van der Waals surface area contributed by atoms with Gasteiger partial charge in [-0.05, 0) is 18.8 Å². The van der Waals surface area contributed by atoms with Crippen molar-refractivity contribution >= 4 is 17.7 Å². The first-order chi connectivity index (χ1) is 9.54. The van der Waals surface area contributed by atoms with E-state index >= 15 is 0 Å².